The summed E-state index contributed by atoms with van der Waals surface area (Å²) in [6.45, 7) is 4.78. The van der Waals surface area contributed by atoms with Crippen LogP contribution < -0.4 is 10.6 Å². The number of nitrogens with zero attached hydrogens (tertiary/aromatic N) is 1. The lowest BCUT2D eigenvalue weighted by Crippen LogP contribution is -2.35. The molecule has 1 aliphatic heterocycles. The Hall–Kier alpha value is -2.42. The maximum Gasteiger partial charge on any atom is 0.253 e. The SMILES string of the molecule is CC(C)C(=O)Nc1cccc(CNC(=O)c2cc(S(=O)(=O)N3CCCCC3)ccc2Cl)c1. The van der Waals surface area contributed by atoms with E-state index in [9.17, 15) is 18.0 Å². The molecule has 0 aromatic heterocycles. The summed E-state index contributed by atoms with van der Waals surface area (Å²) in [5.41, 5.74) is 1.53. The topological polar surface area (TPSA) is 95.6 Å². The Morgan fingerprint density at radius 3 is 2.47 bits per heavy atom. The first kappa shape index (κ1) is 24.2. The van der Waals surface area contributed by atoms with Gasteiger partial charge in [0.2, 0.25) is 15.9 Å². The van der Waals surface area contributed by atoms with E-state index in [0.717, 1.165) is 24.8 Å². The number of carbonyl (C=O) groups excluding carboxylic acids is 2. The number of rotatable bonds is 7. The Morgan fingerprint density at radius 2 is 1.78 bits per heavy atom. The van der Waals surface area contributed by atoms with E-state index in [4.69, 9.17) is 11.6 Å². The molecule has 0 unspecified atom stereocenters. The number of anilines is 1. The van der Waals surface area contributed by atoms with Gasteiger partial charge in [0.05, 0.1) is 15.5 Å². The number of benzene rings is 2. The highest BCUT2D eigenvalue weighted by Gasteiger charge is 2.27. The summed E-state index contributed by atoms with van der Waals surface area (Å²) in [4.78, 5) is 24.7. The van der Waals surface area contributed by atoms with Crippen molar-refractivity contribution in [2.24, 2.45) is 5.92 Å². The van der Waals surface area contributed by atoms with Gasteiger partial charge in [-0.25, -0.2) is 8.42 Å². The van der Waals surface area contributed by atoms with Crippen molar-refractivity contribution in [2.75, 3.05) is 18.4 Å². The van der Waals surface area contributed by atoms with E-state index >= 15 is 0 Å². The minimum atomic E-state index is -3.67. The minimum Gasteiger partial charge on any atom is -0.348 e. The molecule has 0 atom stereocenters. The number of hydrogen-bond donors (Lipinski definition) is 2. The van der Waals surface area contributed by atoms with Crippen LogP contribution in [0, 0.1) is 5.92 Å². The standard InChI is InChI=1S/C23H28ClN3O4S/c1-16(2)22(28)26-18-8-6-7-17(13-18)15-25-23(29)20-14-19(9-10-21(20)24)32(30,31)27-11-4-3-5-12-27/h6-10,13-14,16H,3-5,11-12,15H2,1-2H3,(H,25,29)(H,26,28). The van der Waals surface area contributed by atoms with Crippen molar-refractivity contribution in [3.8, 4) is 0 Å². The second kappa shape index (κ2) is 10.5. The van der Waals surface area contributed by atoms with Crippen LogP contribution in [0.5, 0.6) is 0 Å². The maximum atomic E-state index is 12.9. The van der Waals surface area contributed by atoms with Gasteiger partial charge in [0.25, 0.3) is 5.91 Å². The fourth-order valence-electron chi connectivity index (χ4n) is 3.42. The van der Waals surface area contributed by atoms with Crippen LogP contribution in [0.2, 0.25) is 5.02 Å². The number of sulfonamides is 1. The van der Waals surface area contributed by atoms with Gasteiger partial charge in [0.15, 0.2) is 0 Å². The van der Waals surface area contributed by atoms with Crippen LogP contribution in [0.1, 0.15) is 49.0 Å². The van der Waals surface area contributed by atoms with E-state index in [1.807, 2.05) is 19.9 Å². The molecule has 172 valence electrons. The Kier molecular flexibility index (Phi) is 7.92. The summed E-state index contributed by atoms with van der Waals surface area (Å²) in [6.07, 6.45) is 2.68. The highest BCUT2D eigenvalue weighted by atomic mass is 35.5. The minimum absolute atomic E-state index is 0.0624. The van der Waals surface area contributed by atoms with Crippen molar-refractivity contribution >= 4 is 39.1 Å². The normalized spacial score (nSPS) is 14.9. The lowest BCUT2D eigenvalue weighted by atomic mass is 10.1. The molecular formula is C23H28ClN3O4S. The highest BCUT2D eigenvalue weighted by molar-refractivity contribution is 7.89. The molecule has 1 aliphatic rings. The number of carbonyl (C=O) groups is 2. The molecule has 32 heavy (non-hydrogen) atoms. The molecule has 3 rings (SSSR count). The number of amides is 2. The number of halogens is 1. The summed E-state index contributed by atoms with van der Waals surface area (Å²) in [6, 6.07) is 11.4. The van der Waals surface area contributed by atoms with E-state index in [1.165, 1.54) is 22.5 Å². The van der Waals surface area contributed by atoms with Crippen LogP contribution in [0.15, 0.2) is 47.4 Å². The van der Waals surface area contributed by atoms with Crippen molar-refractivity contribution in [1.82, 2.24) is 9.62 Å². The Balaban J connectivity index is 1.72. The quantitative estimate of drug-likeness (QED) is 0.629. The number of nitrogens with one attached hydrogen (secondary N) is 2. The monoisotopic (exact) mass is 477 g/mol. The van der Waals surface area contributed by atoms with Crippen molar-refractivity contribution in [3.63, 3.8) is 0 Å². The molecule has 0 aliphatic carbocycles. The van der Waals surface area contributed by atoms with Crippen molar-refractivity contribution in [3.05, 3.63) is 58.6 Å². The molecule has 1 saturated heterocycles. The Labute approximate surface area is 194 Å². The smallest absolute Gasteiger partial charge is 0.253 e. The maximum absolute atomic E-state index is 12.9. The van der Waals surface area contributed by atoms with E-state index in [2.05, 4.69) is 10.6 Å². The largest absolute Gasteiger partial charge is 0.348 e. The van der Waals surface area contributed by atoms with Gasteiger partial charge in [-0.3, -0.25) is 9.59 Å². The zero-order chi connectivity index (χ0) is 23.3. The van der Waals surface area contributed by atoms with Gasteiger partial charge in [0, 0.05) is 31.2 Å². The van der Waals surface area contributed by atoms with Gasteiger partial charge in [0.1, 0.15) is 0 Å². The summed E-state index contributed by atoms with van der Waals surface area (Å²) in [5.74, 6) is -0.707. The molecule has 1 heterocycles. The lowest BCUT2D eigenvalue weighted by Gasteiger charge is -2.26. The van der Waals surface area contributed by atoms with Crippen molar-refractivity contribution in [2.45, 2.75) is 44.6 Å². The van der Waals surface area contributed by atoms with Crippen molar-refractivity contribution in [1.29, 1.82) is 0 Å². The molecule has 0 spiro atoms. The third kappa shape index (κ3) is 5.88. The van der Waals surface area contributed by atoms with Gasteiger partial charge >= 0.3 is 0 Å². The zero-order valence-electron chi connectivity index (χ0n) is 18.2. The molecule has 0 saturated carbocycles. The van der Waals surface area contributed by atoms with E-state index < -0.39 is 15.9 Å². The summed E-state index contributed by atoms with van der Waals surface area (Å²) < 4.78 is 27.3. The fourth-order valence-corrected chi connectivity index (χ4v) is 5.16. The number of hydrogen-bond acceptors (Lipinski definition) is 4. The second-order valence-electron chi connectivity index (χ2n) is 8.13. The first-order valence-corrected chi connectivity index (χ1v) is 12.5. The third-order valence-electron chi connectivity index (χ3n) is 5.31. The molecule has 0 radical (unpaired) electrons. The van der Waals surface area contributed by atoms with Crippen LogP contribution in [0.4, 0.5) is 5.69 Å². The fraction of sp³-hybridized carbons (Fsp3) is 0.391. The van der Waals surface area contributed by atoms with Gasteiger partial charge in [-0.1, -0.05) is 44.0 Å². The molecule has 2 amide bonds. The summed E-state index contributed by atoms with van der Waals surface area (Å²) in [7, 11) is -3.67. The molecular weight excluding hydrogens is 450 g/mol. The first-order valence-electron chi connectivity index (χ1n) is 10.7. The van der Waals surface area contributed by atoms with E-state index in [0.29, 0.717) is 18.8 Å². The molecule has 7 nitrogen and oxygen atoms in total. The Bertz CT molecular complexity index is 1100. The van der Waals surface area contributed by atoms with Gasteiger partial charge in [-0.05, 0) is 48.7 Å². The molecule has 2 aromatic carbocycles. The number of piperidine rings is 1. The van der Waals surface area contributed by atoms with Crippen molar-refractivity contribution < 1.29 is 18.0 Å². The zero-order valence-corrected chi connectivity index (χ0v) is 19.8. The second-order valence-corrected chi connectivity index (χ2v) is 10.5. The van der Waals surface area contributed by atoms with Gasteiger partial charge in [-0.2, -0.15) is 4.31 Å². The first-order chi connectivity index (χ1) is 15.2. The van der Waals surface area contributed by atoms with Crippen LogP contribution in [0.25, 0.3) is 0 Å². The molecule has 0 bridgehead atoms. The summed E-state index contributed by atoms with van der Waals surface area (Å²) >= 11 is 6.20. The molecule has 2 N–H and O–H groups in total. The molecule has 2 aromatic rings. The lowest BCUT2D eigenvalue weighted by molar-refractivity contribution is -0.118. The van der Waals surface area contributed by atoms with E-state index in [-0.39, 0.29) is 33.9 Å². The summed E-state index contributed by atoms with van der Waals surface area (Å²) in [5, 5.41) is 5.77. The van der Waals surface area contributed by atoms with Gasteiger partial charge in [-0.15, -0.1) is 0 Å². The van der Waals surface area contributed by atoms with Crippen LogP contribution in [0.3, 0.4) is 0 Å². The van der Waals surface area contributed by atoms with E-state index in [1.54, 1.807) is 18.2 Å². The highest BCUT2D eigenvalue weighted by Crippen LogP contribution is 2.25. The average Bonchev–Trinajstić information content (AvgIpc) is 2.78. The Morgan fingerprint density at radius 1 is 1.06 bits per heavy atom. The van der Waals surface area contributed by atoms with Crippen LogP contribution in [-0.2, 0) is 21.4 Å². The molecule has 9 heteroatoms. The third-order valence-corrected chi connectivity index (χ3v) is 7.53. The van der Waals surface area contributed by atoms with Crippen LogP contribution >= 0.6 is 11.6 Å². The van der Waals surface area contributed by atoms with Crippen LogP contribution in [-0.4, -0.2) is 37.6 Å². The predicted octanol–water partition coefficient (Wildman–Crippen LogP) is 4.04. The average molecular weight is 478 g/mol. The molecule has 1 fully saturated rings. The predicted molar refractivity (Wildman–Crippen MR) is 125 cm³/mol. The van der Waals surface area contributed by atoms with Gasteiger partial charge < -0.3 is 10.6 Å².